The molecule has 0 radical (unpaired) electrons. The molecule has 0 heterocycles. The van der Waals surface area contributed by atoms with Gasteiger partial charge in [-0.05, 0) is 57.6 Å². The Labute approximate surface area is 179 Å². The molecule has 1 aliphatic carbocycles. The number of carbonyl (C=O) groups is 1. The van der Waals surface area contributed by atoms with E-state index >= 15 is 0 Å². The smallest absolute Gasteiger partial charge is 0.407 e. The number of amides is 1. The Hall–Kier alpha value is -2.19. The minimum atomic E-state index is -0.533. The molecule has 2 atom stereocenters. The zero-order valence-electron chi connectivity index (χ0n) is 19.1. The predicted molar refractivity (Wildman–Crippen MR) is 112 cm³/mol. The van der Waals surface area contributed by atoms with Gasteiger partial charge >= 0.3 is 6.09 Å². The van der Waals surface area contributed by atoms with Crippen LogP contribution in [0.25, 0.3) is 0 Å². The molecule has 1 aromatic rings. The third-order valence-corrected chi connectivity index (χ3v) is 4.99. The fourth-order valence-corrected chi connectivity index (χ4v) is 3.71. The van der Waals surface area contributed by atoms with Crippen LogP contribution in [0, 0.1) is 5.92 Å². The Morgan fingerprint density at radius 2 is 1.80 bits per heavy atom. The van der Waals surface area contributed by atoms with Crippen molar-refractivity contribution in [1.82, 2.24) is 5.32 Å². The van der Waals surface area contributed by atoms with Crippen molar-refractivity contribution < 1.29 is 33.2 Å². The molecule has 0 aromatic heterocycles. The van der Waals surface area contributed by atoms with Crippen LogP contribution >= 0.6 is 0 Å². The lowest BCUT2D eigenvalue weighted by Gasteiger charge is -2.24. The summed E-state index contributed by atoms with van der Waals surface area (Å²) in [5.41, 5.74) is 1.48. The summed E-state index contributed by atoms with van der Waals surface area (Å²) in [5.74, 6) is 1.99. The average molecular weight is 426 g/mol. The van der Waals surface area contributed by atoms with E-state index in [0.717, 1.165) is 24.0 Å². The van der Waals surface area contributed by atoms with Gasteiger partial charge in [0.1, 0.15) is 12.4 Å². The van der Waals surface area contributed by atoms with Crippen LogP contribution in [0.1, 0.15) is 50.8 Å². The molecular formula is C22H35NO7. The first kappa shape index (κ1) is 24.1. The summed E-state index contributed by atoms with van der Waals surface area (Å²) in [4.78, 5) is 12.1. The molecule has 1 N–H and O–H groups in total. The van der Waals surface area contributed by atoms with Crippen LogP contribution in [0.5, 0.6) is 17.2 Å². The lowest BCUT2D eigenvalue weighted by molar-refractivity contribution is -0.0798. The van der Waals surface area contributed by atoms with Crippen LogP contribution in [0.15, 0.2) is 6.07 Å². The second-order valence-corrected chi connectivity index (χ2v) is 8.30. The van der Waals surface area contributed by atoms with Crippen LogP contribution in [0.3, 0.4) is 0 Å². The van der Waals surface area contributed by atoms with Crippen LogP contribution in [-0.4, -0.2) is 53.5 Å². The van der Waals surface area contributed by atoms with Crippen molar-refractivity contribution in [3.8, 4) is 17.2 Å². The lowest BCUT2D eigenvalue weighted by Crippen LogP contribution is -2.35. The maximum atomic E-state index is 12.1. The summed E-state index contributed by atoms with van der Waals surface area (Å²) in [6.45, 7) is 6.18. The number of rotatable bonds is 8. The first-order valence-electron chi connectivity index (χ1n) is 10.1. The number of nitrogens with one attached hydrogen (secondary N) is 1. The van der Waals surface area contributed by atoms with E-state index < -0.39 is 11.7 Å². The van der Waals surface area contributed by atoms with Gasteiger partial charge in [-0.25, -0.2) is 4.79 Å². The first-order valence-corrected chi connectivity index (χ1v) is 10.1. The number of benzene rings is 1. The molecule has 0 saturated heterocycles. The van der Waals surface area contributed by atoms with Gasteiger partial charge in [0, 0.05) is 19.2 Å². The van der Waals surface area contributed by atoms with Crippen LogP contribution in [-0.2, 0) is 20.6 Å². The van der Waals surface area contributed by atoms with E-state index in [-0.39, 0.29) is 18.8 Å². The van der Waals surface area contributed by atoms with Gasteiger partial charge in [0.25, 0.3) is 0 Å². The Morgan fingerprint density at radius 3 is 2.37 bits per heavy atom. The molecule has 2 rings (SSSR count). The summed E-state index contributed by atoms with van der Waals surface area (Å²) in [7, 11) is 6.40. The molecule has 0 bridgehead atoms. The highest BCUT2D eigenvalue weighted by molar-refractivity contribution is 5.67. The van der Waals surface area contributed by atoms with Crippen molar-refractivity contribution in [2.24, 2.45) is 5.92 Å². The maximum Gasteiger partial charge on any atom is 0.407 e. The Kier molecular flexibility index (Phi) is 8.61. The van der Waals surface area contributed by atoms with Crippen molar-refractivity contribution in [3.05, 3.63) is 17.2 Å². The second-order valence-electron chi connectivity index (χ2n) is 8.30. The van der Waals surface area contributed by atoms with Gasteiger partial charge in [-0.3, -0.25) is 0 Å². The second kappa shape index (κ2) is 10.7. The molecule has 1 amide bonds. The maximum absolute atomic E-state index is 12.1. The van der Waals surface area contributed by atoms with Crippen LogP contribution in [0.4, 0.5) is 4.79 Å². The molecule has 1 unspecified atom stereocenters. The molecule has 30 heavy (non-hydrogen) atoms. The lowest BCUT2D eigenvalue weighted by atomic mass is 9.97. The van der Waals surface area contributed by atoms with Crippen molar-refractivity contribution in [3.63, 3.8) is 0 Å². The molecule has 0 spiro atoms. The summed E-state index contributed by atoms with van der Waals surface area (Å²) in [6, 6.07) is 1.95. The van der Waals surface area contributed by atoms with Crippen molar-refractivity contribution in [1.29, 1.82) is 0 Å². The SMILES string of the molecule is COCOC1C[C@H](CNC(=O)OC(C)(C)C)CCc2c1cc(OC)c(OC)c2OC. The molecule has 0 aliphatic heterocycles. The molecule has 8 nitrogen and oxygen atoms in total. The van der Waals surface area contributed by atoms with Gasteiger partial charge in [-0.2, -0.15) is 0 Å². The summed E-state index contributed by atoms with van der Waals surface area (Å²) in [6.07, 6.45) is 1.67. The number of methoxy groups -OCH3 is 4. The number of hydrogen-bond donors (Lipinski definition) is 1. The van der Waals surface area contributed by atoms with Gasteiger partial charge in [0.05, 0.1) is 27.4 Å². The molecular weight excluding hydrogens is 390 g/mol. The van der Waals surface area contributed by atoms with E-state index in [1.165, 1.54) is 0 Å². The van der Waals surface area contributed by atoms with E-state index in [0.29, 0.717) is 30.2 Å². The summed E-state index contributed by atoms with van der Waals surface area (Å²) in [5, 5.41) is 2.89. The van der Waals surface area contributed by atoms with Crippen LogP contribution in [0.2, 0.25) is 0 Å². The predicted octanol–water partition coefficient (Wildman–Crippen LogP) is 3.85. The monoisotopic (exact) mass is 425 g/mol. The Bertz CT molecular complexity index is 714. The number of fused-ring (bicyclic) bond motifs is 1. The zero-order chi connectivity index (χ0) is 22.3. The number of ether oxygens (including phenoxy) is 6. The van der Waals surface area contributed by atoms with Gasteiger partial charge in [-0.15, -0.1) is 0 Å². The van der Waals surface area contributed by atoms with E-state index in [2.05, 4.69) is 5.32 Å². The van der Waals surface area contributed by atoms with Crippen molar-refractivity contribution >= 4 is 6.09 Å². The standard InChI is InChI=1S/C22H35NO7/c1-22(2,3)30-21(24)23-12-14-8-9-15-16(17(10-14)29-13-25-4)11-18(26-5)20(28-7)19(15)27-6/h11,14,17H,8-10,12-13H2,1-7H3,(H,23,24)/t14-,17?/m1/s1. The van der Waals surface area contributed by atoms with Crippen molar-refractivity contribution in [2.45, 2.75) is 51.7 Å². The van der Waals surface area contributed by atoms with Gasteiger partial charge in [0.2, 0.25) is 5.75 Å². The molecule has 1 aliphatic rings. The van der Waals surface area contributed by atoms with Crippen LogP contribution < -0.4 is 19.5 Å². The highest BCUT2D eigenvalue weighted by Crippen LogP contribution is 2.47. The summed E-state index contributed by atoms with van der Waals surface area (Å²) >= 11 is 0. The third-order valence-electron chi connectivity index (χ3n) is 4.99. The highest BCUT2D eigenvalue weighted by Gasteiger charge is 2.31. The largest absolute Gasteiger partial charge is 0.493 e. The van der Waals surface area contributed by atoms with Gasteiger partial charge in [0.15, 0.2) is 11.5 Å². The van der Waals surface area contributed by atoms with Crippen molar-refractivity contribution in [2.75, 3.05) is 41.8 Å². The van der Waals surface area contributed by atoms with Gasteiger partial charge in [-0.1, -0.05) is 0 Å². The Morgan fingerprint density at radius 1 is 1.10 bits per heavy atom. The third kappa shape index (κ3) is 6.15. The highest BCUT2D eigenvalue weighted by atomic mass is 16.7. The van der Waals surface area contributed by atoms with E-state index in [9.17, 15) is 4.79 Å². The van der Waals surface area contributed by atoms with Gasteiger partial charge < -0.3 is 33.7 Å². The molecule has 0 saturated carbocycles. The van der Waals surface area contributed by atoms with E-state index in [4.69, 9.17) is 28.4 Å². The Balaban J connectivity index is 2.28. The number of alkyl carbamates (subject to hydrolysis) is 1. The molecule has 1 aromatic carbocycles. The number of carbonyl (C=O) groups excluding carboxylic acids is 1. The normalized spacial score (nSPS) is 18.8. The average Bonchev–Trinajstić information content (AvgIpc) is 2.87. The summed E-state index contributed by atoms with van der Waals surface area (Å²) < 4.78 is 33.3. The zero-order valence-corrected chi connectivity index (χ0v) is 19.1. The molecule has 170 valence electrons. The molecule has 8 heteroatoms. The first-order chi connectivity index (χ1) is 14.2. The fraction of sp³-hybridized carbons (Fsp3) is 0.682. The van der Waals surface area contributed by atoms with E-state index in [1.54, 1.807) is 28.4 Å². The topological polar surface area (TPSA) is 84.5 Å². The quantitative estimate of drug-likeness (QED) is 0.500. The minimum absolute atomic E-state index is 0.160. The fourth-order valence-electron chi connectivity index (χ4n) is 3.71. The minimum Gasteiger partial charge on any atom is -0.493 e. The van der Waals surface area contributed by atoms with E-state index in [1.807, 2.05) is 26.8 Å². The number of hydrogen-bond acceptors (Lipinski definition) is 7. The molecule has 0 fully saturated rings.